The van der Waals surface area contributed by atoms with Gasteiger partial charge in [-0.15, -0.1) is 11.3 Å². The van der Waals surface area contributed by atoms with Crippen molar-refractivity contribution in [3.63, 3.8) is 0 Å². The highest BCUT2D eigenvalue weighted by Crippen LogP contribution is 2.33. The van der Waals surface area contributed by atoms with E-state index in [0.29, 0.717) is 5.92 Å². The Morgan fingerprint density at radius 3 is 2.38 bits per heavy atom. The number of carboxylic acid groups (broad SMARTS) is 2. The smallest absolute Gasteiger partial charge is 0.335 e. The molecule has 39 heavy (non-hydrogen) atoms. The Balaban J connectivity index is 0.000000303. The number of aliphatic carboxylic acids is 2. The summed E-state index contributed by atoms with van der Waals surface area (Å²) in [6.45, 7) is 7.03. The molecule has 4 aromatic rings. The van der Waals surface area contributed by atoms with E-state index in [0.717, 1.165) is 48.0 Å². The molecule has 0 aliphatic carbocycles. The monoisotopic (exact) mass is 556 g/mol. The Kier molecular flexibility index (Phi) is 8.80. The molecule has 1 saturated heterocycles. The van der Waals surface area contributed by atoms with E-state index in [-0.39, 0.29) is 5.56 Å². The zero-order valence-electron chi connectivity index (χ0n) is 21.7. The molecular weight excluding hydrogens is 524 g/mol. The molecule has 3 aromatic heterocycles. The molecule has 11 nitrogen and oxygen atoms in total. The van der Waals surface area contributed by atoms with Gasteiger partial charge in [-0.3, -0.25) is 9.20 Å². The van der Waals surface area contributed by atoms with Crippen LogP contribution in [0.25, 0.3) is 15.9 Å². The summed E-state index contributed by atoms with van der Waals surface area (Å²) in [5.41, 5.74) is 5.51. The number of thiazole rings is 1. The molecule has 0 spiro atoms. The van der Waals surface area contributed by atoms with E-state index < -0.39 is 24.1 Å². The fourth-order valence-corrected chi connectivity index (χ4v) is 5.85. The predicted molar refractivity (Wildman–Crippen MR) is 147 cm³/mol. The van der Waals surface area contributed by atoms with Crippen molar-refractivity contribution in [2.45, 2.75) is 51.2 Å². The van der Waals surface area contributed by atoms with E-state index in [2.05, 4.69) is 45.3 Å². The van der Waals surface area contributed by atoms with Crippen molar-refractivity contribution in [3.05, 3.63) is 68.7 Å². The second-order valence-corrected chi connectivity index (χ2v) is 10.5. The Morgan fingerprint density at radius 2 is 1.74 bits per heavy atom. The average Bonchev–Trinajstić information content (AvgIpc) is 3.51. The predicted octanol–water partition coefficient (Wildman–Crippen LogP) is 2.15. The molecule has 2 atom stereocenters. The molecule has 0 amide bonds. The number of aliphatic hydroxyl groups excluding tert-OH is 2. The Hall–Kier alpha value is -3.58. The lowest BCUT2D eigenvalue weighted by molar-refractivity contribution is -0.165. The summed E-state index contributed by atoms with van der Waals surface area (Å²) in [4.78, 5) is 43.9. The van der Waals surface area contributed by atoms with Gasteiger partial charge in [0.15, 0.2) is 17.2 Å². The highest BCUT2D eigenvalue weighted by molar-refractivity contribution is 7.15. The first-order valence-corrected chi connectivity index (χ1v) is 13.5. The minimum Gasteiger partial charge on any atom is -0.479 e. The van der Waals surface area contributed by atoms with Crippen LogP contribution in [0.15, 0.2) is 40.6 Å². The summed E-state index contributed by atoms with van der Waals surface area (Å²) in [6, 6.07) is 8.57. The number of hydrogen-bond acceptors (Lipinski definition) is 8. The third kappa shape index (κ3) is 6.19. The first-order chi connectivity index (χ1) is 18.6. The number of aliphatic hydroxyl groups is 2. The SMILES string of the molecule is Cc1nc2scc(C)n2c(=O)c1CCN1CCC(c2c[nH]c3ccccc23)CC1.O=C(O)C(O)C(O)C(=O)O. The molecule has 5 N–H and O–H groups in total. The van der Waals surface area contributed by atoms with Gasteiger partial charge in [-0.1, -0.05) is 18.2 Å². The number of H-pyrrole nitrogens is 1. The number of benzene rings is 1. The summed E-state index contributed by atoms with van der Waals surface area (Å²) in [5.74, 6) is -2.92. The third-order valence-electron chi connectivity index (χ3n) is 7.17. The molecule has 208 valence electrons. The average molecular weight is 557 g/mol. The van der Waals surface area contributed by atoms with Gasteiger partial charge in [0.1, 0.15) is 0 Å². The van der Waals surface area contributed by atoms with Gasteiger partial charge >= 0.3 is 11.9 Å². The number of rotatable bonds is 7. The van der Waals surface area contributed by atoms with Crippen LogP contribution in [0, 0.1) is 13.8 Å². The number of carbonyl (C=O) groups is 2. The van der Waals surface area contributed by atoms with Crippen LogP contribution in [0.3, 0.4) is 0 Å². The number of likely N-dealkylation sites (tertiary alicyclic amines) is 1. The minimum absolute atomic E-state index is 0.111. The lowest BCUT2D eigenvalue weighted by Gasteiger charge is -2.32. The fourth-order valence-electron chi connectivity index (χ4n) is 4.95. The minimum atomic E-state index is -2.27. The lowest BCUT2D eigenvalue weighted by atomic mass is 9.89. The normalized spacial score (nSPS) is 16.1. The molecule has 0 radical (unpaired) electrons. The number of aromatic amines is 1. The molecule has 1 aromatic carbocycles. The molecular formula is C27H32N4O7S. The van der Waals surface area contributed by atoms with Gasteiger partial charge in [0.25, 0.3) is 5.56 Å². The van der Waals surface area contributed by atoms with E-state index >= 15 is 0 Å². The van der Waals surface area contributed by atoms with Gasteiger partial charge in [-0.25, -0.2) is 14.6 Å². The van der Waals surface area contributed by atoms with Crippen LogP contribution < -0.4 is 5.56 Å². The van der Waals surface area contributed by atoms with Gasteiger partial charge in [-0.2, -0.15) is 0 Å². The first kappa shape index (κ1) is 28.4. The second kappa shape index (κ2) is 12.1. The fraction of sp³-hybridized carbons (Fsp3) is 0.407. The third-order valence-corrected chi connectivity index (χ3v) is 8.12. The quantitative estimate of drug-likeness (QED) is 0.229. The first-order valence-electron chi connectivity index (χ1n) is 12.6. The van der Waals surface area contributed by atoms with E-state index in [1.54, 1.807) is 4.40 Å². The molecule has 0 saturated carbocycles. The van der Waals surface area contributed by atoms with E-state index in [4.69, 9.17) is 20.4 Å². The Labute approximate surface area is 228 Å². The van der Waals surface area contributed by atoms with Crippen LogP contribution in [0.5, 0.6) is 0 Å². The van der Waals surface area contributed by atoms with Crippen molar-refractivity contribution < 1.29 is 30.0 Å². The van der Waals surface area contributed by atoms with E-state index in [1.165, 1.54) is 40.6 Å². The standard InChI is InChI=1S/C23H26N4OS.C4H6O6/c1-15-14-29-23-25-16(2)18(22(28)27(15)23)9-12-26-10-7-17(8-11-26)20-13-24-21-6-4-3-5-19(20)21;5-1(3(7)8)2(6)4(9)10/h3-6,13-14,17,24H,7-12H2,1-2H3;1-2,5-6H,(H,7,8)(H,9,10). The number of aryl methyl sites for hydroxylation is 2. The van der Waals surface area contributed by atoms with Gasteiger partial charge in [0.2, 0.25) is 0 Å². The molecule has 12 heteroatoms. The molecule has 2 unspecified atom stereocenters. The molecule has 1 aliphatic heterocycles. The number of nitrogens with one attached hydrogen (secondary N) is 1. The summed E-state index contributed by atoms with van der Waals surface area (Å²) in [7, 11) is 0. The van der Waals surface area contributed by atoms with E-state index in [9.17, 15) is 14.4 Å². The number of nitrogens with zero attached hydrogens (tertiary/aromatic N) is 3. The van der Waals surface area contributed by atoms with Crippen molar-refractivity contribution in [2.24, 2.45) is 0 Å². The van der Waals surface area contributed by atoms with E-state index in [1.807, 2.05) is 19.2 Å². The molecule has 5 rings (SSSR count). The van der Waals surface area contributed by atoms with Crippen LogP contribution in [0.2, 0.25) is 0 Å². The van der Waals surface area contributed by atoms with Crippen molar-refractivity contribution in [1.29, 1.82) is 0 Å². The van der Waals surface area contributed by atoms with Crippen LogP contribution in [-0.2, 0) is 16.0 Å². The van der Waals surface area contributed by atoms with Crippen molar-refractivity contribution in [3.8, 4) is 0 Å². The van der Waals surface area contributed by atoms with Gasteiger partial charge in [-0.05, 0) is 63.7 Å². The largest absolute Gasteiger partial charge is 0.479 e. The van der Waals surface area contributed by atoms with Crippen molar-refractivity contribution in [2.75, 3.05) is 19.6 Å². The van der Waals surface area contributed by atoms with Crippen molar-refractivity contribution >= 4 is 39.1 Å². The van der Waals surface area contributed by atoms with Crippen LogP contribution in [0.4, 0.5) is 0 Å². The molecule has 0 bridgehead atoms. The Bertz CT molecular complexity index is 1520. The zero-order valence-corrected chi connectivity index (χ0v) is 22.5. The highest BCUT2D eigenvalue weighted by atomic mass is 32.1. The maximum atomic E-state index is 12.9. The summed E-state index contributed by atoms with van der Waals surface area (Å²) in [6.07, 6.45) is 0.768. The van der Waals surface area contributed by atoms with Gasteiger partial charge in [0, 0.05) is 46.0 Å². The van der Waals surface area contributed by atoms with Gasteiger partial charge in [0.05, 0.1) is 0 Å². The summed E-state index contributed by atoms with van der Waals surface area (Å²) < 4.78 is 1.76. The summed E-state index contributed by atoms with van der Waals surface area (Å²) >= 11 is 1.54. The number of para-hydroxylation sites is 1. The Morgan fingerprint density at radius 1 is 1.10 bits per heavy atom. The van der Waals surface area contributed by atoms with Crippen LogP contribution >= 0.6 is 11.3 Å². The molecule has 1 aliphatic rings. The number of aromatic nitrogens is 3. The highest BCUT2D eigenvalue weighted by Gasteiger charge is 2.29. The number of carboxylic acids is 2. The summed E-state index contributed by atoms with van der Waals surface area (Å²) in [5, 5.41) is 35.9. The number of piperidine rings is 1. The maximum Gasteiger partial charge on any atom is 0.335 e. The molecule has 4 heterocycles. The topological polar surface area (TPSA) is 168 Å². The number of fused-ring (bicyclic) bond motifs is 2. The van der Waals surface area contributed by atoms with Gasteiger partial charge < -0.3 is 30.3 Å². The molecule has 1 fully saturated rings. The van der Waals surface area contributed by atoms with Crippen LogP contribution in [0.1, 0.15) is 41.3 Å². The van der Waals surface area contributed by atoms with Crippen LogP contribution in [-0.4, -0.2) is 83.5 Å². The zero-order chi connectivity index (χ0) is 28.3. The maximum absolute atomic E-state index is 12.9. The van der Waals surface area contributed by atoms with Crippen molar-refractivity contribution in [1.82, 2.24) is 19.3 Å². The number of hydrogen-bond donors (Lipinski definition) is 5. The lowest BCUT2D eigenvalue weighted by Crippen LogP contribution is -2.39. The second-order valence-electron chi connectivity index (χ2n) is 9.70.